The highest BCUT2D eigenvalue weighted by Crippen LogP contribution is 2.38. The van der Waals surface area contributed by atoms with Crippen LogP contribution in [0.25, 0.3) is 0 Å². The lowest BCUT2D eigenvalue weighted by molar-refractivity contribution is -0.384. The third kappa shape index (κ3) is 5.88. The van der Waals surface area contributed by atoms with E-state index < -0.39 is 22.4 Å². The second-order valence-corrected chi connectivity index (χ2v) is 10.0. The van der Waals surface area contributed by atoms with Crippen LogP contribution < -0.4 is 4.90 Å². The Morgan fingerprint density at radius 1 is 1.11 bits per heavy atom. The van der Waals surface area contributed by atoms with Gasteiger partial charge in [0, 0.05) is 57.3 Å². The van der Waals surface area contributed by atoms with Crippen LogP contribution in [0.5, 0.6) is 0 Å². The Morgan fingerprint density at radius 2 is 1.77 bits per heavy atom. The van der Waals surface area contributed by atoms with Gasteiger partial charge in [-0.2, -0.15) is 13.2 Å². The average Bonchev–Trinajstić information content (AvgIpc) is 3.25. The highest BCUT2D eigenvalue weighted by molar-refractivity contribution is 5.80. The fourth-order valence-corrected chi connectivity index (χ4v) is 5.76. The number of halogens is 3. The van der Waals surface area contributed by atoms with Crippen molar-refractivity contribution in [1.29, 1.82) is 0 Å². The largest absolute Gasteiger partial charge is 0.416 e. The minimum atomic E-state index is -4.65. The molecule has 3 fully saturated rings. The van der Waals surface area contributed by atoms with E-state index in [1.165, 1.54) is 6.07 Å². The molecule has 0 bridgehead atoms. The number of carbonyl (C=O) groups is 1. The van der Waals surface area contributed by atoms with Crippen LogP contribution in [0.3, 0.4) is 0 Å². The van der Waals surface area contributed by atoms with Gasteiger partial charge in [-0.15, -0.1) is 0 Å². The van der Waals surface area contributed by atoms with Crippen LogP contribution in [0.1, 0.15) is 45.1 Å². The van der Waals surface area contributed by atoms with Gasteiger partial charge in [0.15, 0.2) is 0 Å². The van der Waals surface area contributed by atoms with Gasteiger partial charge >= 0.3 is 6.18 Å². The van der Waals surface area contributed by atoms with Crippen LogP contribution in [-0.2, 0) is 15.7 Å². The van der Waals surface area contributed by atoms with Crippen molar-refractivity contribution in [2.75, 3.05) is 44.2 Å². The van der Waals surface area contributed by atoms with E-state index in [1.807, 2.05) is 4.90 Å². The molecule has 0 spiro atoms. The number of amides is 1. The molecule has 1 amide bonds. The number of ether oxygens (including phenoxy) is 1. The molecular weight excluding hydrogens is 465 g/mol. The molecule has 11 heteroatoms. The second kappa shape index (κ2) is 10.3. The summed E-state index contributed by atoms with van der Waals surface area (Å²) < 4.78 is 44.9. The zero-order chi connectivity index (χ0) is 25.3. The Balaban J connectivity index is 1.38. The zero-order valence-corrected chi connectivity index (χ0v) is 20.2. The Morgan fingerprint density at radius 3 is 2.37 bits per heavy atom. The van der Waals surface area contributed by atoms with Crippen molar-refractivity contribution in [2.45, 2.75) is 64.0 Å². The fourth-order valence-electron chi connectivity index (χ4n) is 5.76. The predicted octanol–water partition coefficient (Wildman–Crippen LogP) is 3.93. The number of hydrogen-bond acceptors (Lipinski definition) is 6. The van der Waals surface area contributed by atoms with Gasteiger partial charge in [-0.25, -0.2) is 0 Å². The van der Waals surface area contributed by atoms with E-state index in [0.29, 0.717) is 32.0 Å². The summed E-state index contributed by atoms with van der Waals surface area (Å²) in [7, 11) is 0. The summed E-state index contributed by atoms with van der Waals surface area (Å²) in [6, 6.07) is 2.81. The number of rotatable bonds is 5. The Labute approximate surface area is 203 Å². The first-order valence-electron chi connectivity index (χ1n) is 12.3. The smallest absolute Gasteiger partial charge is 0.373 e. The average molecular weight is 499 g/mol. The van der Waals surface area contributed by atoms with Gasteiger partial charge in [0.05, 0.1) is 22.7 Å². The quantitative estimate of drug-likeness (QED) is 0.452. The maximum absolute atomic E-state index is 13.4. The molecule has 4 rings (SSSR count). The summed E-state index contributed by atoms with van der Waals surface area (Å²) >= 11 is 0. The summed E-state index contributed by atoms with van der Waals surface area (Å²) in [5.41, 5.74) is -1.43. The minimum Gasteiger partial charge on any atom is -0.373 e. The lowest BCUT2D eigenvalue weighted by Crippen LogP contribution is -2.52. The molecule has 0 saturated carbocycles. The van der Waals surface area contributed by atoms with Gasteiger partial charge < -0.3 is 14.5 Å². The molecule has 0 aliphatic carbocycles. The maximum Gasteiger partial charge on any atom is 0.416 e. The lowest BCUT2D eigenvalue weighted by Gasteiger charge is -2.39. The molecule has 35 heavy (non-hydrogen) atoms. The number of alkyl halides is 3. The van der Waals surface area contributed by atoms with Crippen molar-refractivity contribution in [3.8, 4) is 0 Å². The van der Waals surface area contributed by atoms with E-state index >= 15 is 0 Å². The minimum absolute atomic E-state index is 0.128. The molecule has 0 N–H and O–H groups in total. The van der Waals surface area contributed by atoms with Crippen molar-refractivity contribution < 1.29 is 27.6 Å². The van der Waals surface area contributed by atoms with Gasteiger partial charge in [-0.1, -0.05) is 0 Å². The highest BCUT2D eigenvalue weighted by Gasteiger charge is 2.38. The lowest BCUT2D eigenvalue weighted by atomic mass is 9.94. The molecule has 3 saturated heterocycles. The third-order valence-corrected chi connectivity index (χ3v) is 7.31. The number of nitro benzene ring substituents is 1. The van der Waals surface area contributed by atoms with E-state index in [0.717, 1.165) is 45.1 Å². The van der Waals surface area contributed by atoms with Crippen LogP contribution in [0.4, 0.5) is 24.5 Å². The first-order chi connectivity index (χ1) is 16.5. The number of likely N-dealkylation sites (tertiary alicyclic amines) is 1. The summed E-state index contributed by atoms with van der Waals surface area (Å²) in [5, 5.41) is 11.5. The fraction of sp³-hybridized carbons (Fsp3) is 0.708. The normalized spacial score (nSPS) is 26.8. The van der Waals surface area contributed by atoms with E-state index in [4.69, 9.17) is 4.74 Å². The molecule has 194 valence electrons. The molecule has 1 aromatic carbocycles. The Bertz CT molecular complexity index is 926. The van der Waals surface area contributed by atoms with Gasteiger partial charge in [0.2, 0.25) is 5.91 Å². The summed E-state index contributed by atoms with van der Waals surface area (Å²) in [6.07, 6.45) is -1.32. The van der Waals surface area contributed by atoms with Crippen LogP contribution in [0, 0.1) is 16.0 Å². The van der Waals surface area contributed by atoms with Gasteiger partial charge in [-0.3, -0.25) is 19.8 Å². The van der Waals surface area contributed by atoms with Gasteiger partial charge in [0.25, 0.3) is 5.69 Å². The topological polar surface area (TPSA) is 79.2 Å². The Hall–Kier alpha value is -2.40. The monoisotopic (exact) mass is 498 g/mol. The first kappa shape index (κ1) is 25.7. The van der Waals surface area contributed by atoms with Crippen molar-refractivity contribution in [1.82, 2.24) is 9.80 Å². The van der Waals surface area contributed by atoms with E-state index in [9.17, 15) is 28.1 Å². The summed E-state index contributed by atoms with van der Waals surface area (Å²) in [5.74, 6) is -0.0497. The van der Waals surface area contributed by atoms with Gasteiger partial charge in [-0.05, 0) is 51.7 Å². The molecule has 3 unspecified atom stereocenters. The van der Waals surface area contributed by atoms with Crippen molar-refractivity contribution in [3.63, 3.8) is 0 Å². The van der Waals surface area contributed by atoms with Crippen LogP contribution in [0.15, 0.2) is 18.2 Å². The number of piperidine rings is 1. The standard InChI is InChI=1S/C24H33F3N4O4/c1-16-13-28(14-17(2)35-16)15-20-4-3-9-30(20)23(32)18-7-10-29(11-8-18)21-6-5-19(24(25,26)27)12-22(21)31(33)34/h5-6,12,16-18,20H,3-4,7-11,13-15H2,1-2H3. The molecule has 8 nitrogen and oxygen atoms in total. The highest BCUT2D eigenvalue weighted by atomic mass is 19.4. The second-order valence-electron chi connectivity index (χ2n) is 10.0. The van der Waals surface area contributed by atoms with E-state index in [1.54, 1.807) is 4.90 Å². The first-order valence-corrected chi connectivity index (χ1v) is 12.3. The third-order valence-electron chi connectivity index (χ3n) is 7.31. The molecule has 3 aliphatic rings. The van der Waals surface area contributed by atoms with E-state index in [2.05, 4.69) is 18.7 Å². The molecule has 3 aliphatic heterocycles. The number of nitrogens with zero attached hydrogens (tertiary/aromatic N) is 4. The number of nitro groups is 1. The van der Waals surface area contributed by atoms with Crippen molar-refractivity contribution >= 4 is 17.3 Å². The molecule has 3 heterocycles. The number of benzene rings is 1. The van der Waals surface area contributed by atoms with Crippen LogP contribution in [-0.4, -0.2) is 78.1 Å². The molecule has 1 aromatic rings. The number of anilines is 1. The SMILES string of the molecule is CC1CN(CC2CCCN2C(=O)C2CCN(c3ccc(C(F)(F)F)cc3[N+](=O)[O-])CC2)CC(C)O1. The van der Waals surface area contributed by atoms with E-state index in [-0.39, 0.29) is 35.8 Å². The van der Waals surface area contributed by atoms with Crippen LogP contribution in [0.2, 0.25) is 0 Å². The Kier molecular flexibility index (Phi) is 7.56. The van der Waals surface area contributed by atoms with Crippen molar-refractivity contribution in [3.05, 3.63) is 33.9 Å². The molecule has 3 atom stereocenters. The molecular formula is C24H33F3N4O4. The van der Waals surface area contributed by atoms with Crippen LogP contribution >= 0.6 is 0 Å². The summed E-state index contributed by atoms with van der Waals surface area (Å²) in [6.45, 7) is 8.19. The van der Waals surface area contributed by atoms with Gasteiger partial charge in [0.1, 0.15) is 5.69 Å². The number of morpholine rings is 1. The number of carbonyl (C=O) groups excluding carboxylic acids is 1. The molecule has 0 aromatic heterocycles. The maximum atomic E-state index is 13.4. The number of hydrogen-bond donors (Lipinski definition) is 0. The predicted molar refractivity (Wildman–Crippen MR) is 124 cm³/mol. The molecule has 0 radical (unpaired) electrons. The van der Waals surface area contributed by atoms with Crippen molar-refractivity contribution in [2.24, 2.45) is 5.92 Å². The zero-order valence-electron chi connectivity index (χ0n) is 20.2. The summed E-state index contributed by atoms with van der Waals surface area (Å²) in [4.78, 5) is 30.2.